The number of thioether (sulfide) groups is 1. The normalized spacial score (nSPS) is 15.3. The minimum absolute atomic E-state index is 0.155. The Morgan fingerprint density at radius 3 is 2.89 bits per heavy atom. The van der Waals surface area contributed by atoms with Crippen molar-refractivity contribution in [1.29, 1.82) is 0 Å². The van der Waals surface area contributed by atoms with Gasteiger partial charge in [0.25, 0.3) is 5.91 Å². The Balaban J connectivity index is 1.63. The highest BCUT2D eigenvalue weighted by atomic mass is 32.2. The molecule has 1 amide bonds. The Morgan fingerprint density at radius 1 is 1.30 bits per heavy atom. The highest BCUT2D eigenvalue weighted by molar-refractivity contribution is 7.98. The fourth-order valence-electron chi connectivity index (χ4n) is 3.08. The topological polar surface area (TPSA) is 58.8 Å². The molecule has 0 N–H and O–H groups in total. The average Bonchev–Trinajstić information content (AvgIpc) is 3.38. The standard InChI is InChI=1S/C19H21N3O3S2/c1-26-15-5-2-6-16-17(15)20-19(27-16)22(18(23)14-4-3-11-25-14)8-7-21-9-12-24-13-10-21/h2-6,11H,7-10,12-13H2,1H3. The van der Waals surface area contributed by atoms with Crippen LogP contribution in [0.3, 0.4) is 0 Å². The lowest BCUT2D eigenvalue weighted by atomic mass is 10.3. The van der Waals surface area contributed by atoms with Crippen LogP contribution >= 0.6 is 23.1 Å². The van der Waals surface area contributed by atoms with Gasteiger partial charge < -0.3 is 9.15 Å². The zero-order chi connectivity index (χ0) is 18.6. The number of amides is 1. The van der Waals surface area contributed by atoms with Crippen molar-refractivity contribution >= 4 is 44.4 Å². The van der Waals surface area contributed by atoms with Crippen molar-refractivity contribution in [2.45, 2.75) is 4.90 Å². The summed E-state index contributed by atoms with van der Waals surface area (Å²) < 4.78 is 11.9. The van der Waals surface area contributed by atoms with Crippen molar-refractivity contribution in [2.75, 3.05) is 50.5 Å². The third kappa shape index (κ3) is 4.03. The molecule has 4 rings (SSSR count). The molecule has 142 valence electrons. The summed E-state index contributed by atoms with van der Waals surface area (Å²) >= 11 is 3.21. The van der Waals surface area contributed by atoms with Gasteiger partial charge in [-0.25, -0.2) is 4.98 Å². The van der Waals surface area contributed by atoms with E-state index in [0.29, 0.717) is 17.4 Å². The third-order valence-electron chi connectivity index (χ3n) is 4.54. The minimum atomic E-state index is -0.155. The van der Waals surface area contributed by atoms with Crippen LogP contribution < -0.4 is 4.90 Å². The van der Waals surface area contributed by atoms with Crippen molar-refractivity contribution in [2.24, 2.45) is 0 Å². The molecule has 6 nitrogen and oxygen atoms in total. The van der Waals surface area contributed by atoms with Crippen LogP contribution in [0.25, 0.3) is 10.2 Å². The zero-order valence-electron chi connectivity index (χ0n) is 15.1. The van der Waals surface area contributed by atoms with Gasteiger partial charge in [0, 0.05) is 31.1 Å². The van der Waals surface area contributed by atoms with E-state index in [0.717, 1.165) is 48.0 Å². The highest BCUT2D eigenvalue weighted by Crippen LogP contribution is 2.34. The molecule has 3 heterocycles. The lowest BCUT2D eigenvalue weighted by Crippen LogP contribution is -2.43. The molecular weight excluding hydrogens is 382 g/mol. The van der Waals surface area contributed by atoms with E-state index in [1.807, 2.05) is 18.4 Å². The number of hydrogen-bond donors (Lipinski definition) is 0. The van der Waals surface area contributed by atoms with Crippen LogP contribution in [0.5, 0.6) is 0 Å². The van der Waals surface area contributed by atoms with E-state index in [2.05, 4.69) is 11.0 Å². The maximum atomic E-state index is 13.1. The van der Waals surface area contributed by atoms with Crippen molar-refractivity contribution in [3.8, 4) is 0 Å². The molecule has 2 aromatic heterocycles. The van der Waals surface area contributed by atoms with Crippen LogP contribution in [0.2, 0.25) is 0 Å². The third-order valence-corrected chi connectivity index (χ3v) is 6.35. The van der Waals surface area contributed by atoms with E-state index >= 15 is 0 Å². The molecule has 3 aromatic rings. The summed E-state index contributed by atoms with van der Waals surface area (Å²) in [5.41, 5.74) is 0.952. The molecule has 1 fully saturated rings. The van der Waals surface area contributed by atoms with Gasteiger partial charge in [0.15, 0.2) is 10.9 Å². The van der Waals surface area contributed by atoms with Crippen molar-refractivity contribution in [3.05, 3.63) is 42.4 Å². The summed E-state index contributed by atoms with van der Waals surface area (Å²) in [6, 6.07) is 9.57. The summed E-state index contributed by atoms with van der Waals surface area (Å²) in [4.78, 5) is 23.0. The van der Waals surface area contributed by atoms with E-state index in [1.165, 1.54) is 6.26 Å². The quantitative estimate of drug-likeness (QED) is 0.586. The first kappa shape index (κ1) is 18.5. The second kappa shape index (κ2) is 8.43. The van der Waals surface area contributed by atoms with Crippen LogP contribution in [0.1, 0.15) is 10.6 Å². The number of furan rings is 1. The number of anilines is 1. The van der Waals surface area contributed by atoms with Crippen LogP contribution in [-0.2, 0) is 4.74 Å². The molecule has 0 bridgehead atoms. The van der Waals surface area contributed by atoms with Gasteiger partial charge in [-0.3, -0.25) is 14.6 Å². The number of carbonyl (C=O) groups is 1. The Morgan fingerprint density at radius 2 is 2.15 bits per heavy atom. The maximum Gasteiger partial charge on any atom is 0.295 e. The molecule has 27 heavy (non-hydrogen) atoms. The number of ether oxygens (including phenoxy) is 1. The van der Waals surface area contributed by atoms with Gasteiger partial charge in [0.2, 0.25) is 0 Å². The van der Waals surface area contributed by atoms with Gasteiger partial charge in [-0.05, 0) is 30.5 Å². The summed E-state index contributed by atoms with van der Waals surface area (Å²) in [5.74, 6) is 0.180. The molecule has 1 saturated heterocycles. The first-order chi connectivity index (χ1) is 13.3. The first-order valence-electron chi connectivity index (χ1n) is 8.85. The first-order valence-corrected chi connectivity index (χ1v) is 10.9. The number of rotatable bonds is 6. The monoisotopic (exact) mass is 403 g/mol. The Labute approximate surface area is 166 Å². The van der Waals surface area contributed by atoms with E-state index in [-0.39, 0.29) is 5.91 Å². The molecule has 0 unspecified atom stereocenters. The number of thiazole rings is 1. The molecule has 1 aliphatic heterocycles. The fraction of sp³-hybridized carbons (Fsp3) is 0.368. The summed E-state index contributed by atoms with van der Waals surface area (Å²) in [6.45, 7) is 4.60. The van der Waals surface area contributed by atoms with Crippen LogP contribution in [-0.4, -0.2) is 61.4 Å². The number of benzene rings is 1. The molecule has 1 aliphatic rings. The van der Waals surface area contributed by atoms with Crippen LogP contribution in [0.15, 0.2) is 45.9 Å². The van der Waals surface area contributed by atoms with Crippen LogP contribution in [0, 0.1) is 0 Å². The summed E-state index contributed by atoms with van der Waals surface area (Å²) in [7, 11) is 0. The van der Waals surface area contributed by atoms with Crippen molar-refractivity contribution < 1.29 is 13.9 Å². The molecule has 0 atom stereocenters. The minimum Gasteiger partial charge on any atom is -0.459 e. The Kier molecular flexibility index (Phi) is 5.77. The Hall–Kier alpha value is -1.87. The largest absolute Gasteiger partial charge is 0.459 e. The zero-order valence-corrected chi connectivity index (χ0v) is 16.7. The number of fused-ring (bicyclic) bond motifs is 1. The van der Waals surface area contributed by atoms with Crippen molar-refractivity contribution in [3.63, 3.8) is 0 Å². The second-order valence-electron chi connectivity index (χ2n) is 6.19. The molecule has 0 radical (unpaired) electrons. The van der Waals surface area contributed by atoms with Gasteiger partial charge >= 0.3 is 0 Å². The number of morpholine rings is 1. The molecule has 0 spiro atoms. The van der Waals surface area contributed by atoms with E-state index in [1.54, 1.807) is 40.1 Å². The lowest BCUT2D eigenvalue weighted by molar-refractivity contribution is 0.0390. The predicted molar refractivity (Wildman–Crippen MR) is 109 cm³/mol. The number of nitrogens with zero attached hydrogens (tertiary/aromatic N) is 3. The average molecular weight is 404 g/mol. The number of hydrogen-bond acceptors (Lipinski definition) is 7. The van der Waals surface area contributed by atoms with E-state index in [9.17, 15) is 4.79 Å². The van der Waals surface area contributed by atoms with Gasteiger partial charge in [0.05, 0.1) is 29.7 Å². The second-order valence-corrected chi connectivity index (χ2v) is 8.05. The van der Waals surface area contributed by atoms with Crippen LogP contribution in [0.4, 0.5) is 5.13 Å². The fourth-order valence-corrected chi connectivity index (χ4v) is 4.72. The number of aromatic nitrogens is 1. The maximum absolute atomic E-state index is 13.1. The molecule has 0 saturated carbocycles. The molecule has 8 heteroatoms. The SMILES string of the molecule is CSc1cccc2sc(N(CCN3CCOCC3)C(=O)c3ccco3)nc12. The number of para-hydroxylation sites is 1. The van der Waals surface area contributed by atoms with Gasteiger partial charge in [-0.15, -0.1) is 11.8 Å². The van der Waals surface area contributed by atoms with E-state index in [4.69, 9.17) is 14.1 Å². The van der Waals surface area contributed by atoms with E-state index < -0.39 is 0 Å². The van der Waals surface area contributed by atoms with Crippen molar-refractivity contribution in [1.82, 2.24) is 9.88 Å². The van der Waals surface area contributed by atoms with Gasteiger partial charge in [-0.2, -0.15) is 0 Å². The lowest BCUT2D eigenvalue weighted by Gasteiger charge is -2.28. The summed E-state index contributed by atoms with van der Waals surface area (Å²) in [6.07, 6.45) is 3.57. The molecule has 1 aromatic carbocycles. The Bertz CT molecular complexity index is 904. The highest BCUT2D eigenvalue weighted by Gasteiger charge is 2.24. The molecular formula is C19H21N3O3S2. The number of carbonyl (C=O) groups excluding carboxylic acids is 1. The van der Waals surface area contributed by atoms with Gasteiger partial charge in [0.1, 0.15) is 0 Å². The van der Waals surface area contributed by atoms with Gasteiger partial charge in [-0.1, -0.05) is 17.4 Å². The predicted octanol–water partition coefficient (Wildman–Crippen LogP) is 3.59. The summed E-state index contributed by atoms with van der Waals surface area (Å²) in [5, 5.41) is 0.709. The molecule has 0 aliphatic carbocycles. The smallest absolute Gasteiger partial charge is 0.295 e.